The van der Waals surface area contributed by atoms with Gasteiger partial charge in [0.1, 0.15) is 0 Å². The van der Waals surface area contributed by atoms with Crippen LogP contribution in [0.5, 0.6) is 5.88 Å². The number of hydrazine groups is 1. The number of aromatic nitrogens is 3. The fourth-order valence-electron chi connectivity index (χ4n) is 1.15. The number of hydrogen-bond acceptors (Lipinski definition) is 7. The van der Waals surface area contributed by atoms with E-state index in [0.717, 1.165) is 0 Å². The second-order valence-corrected chi connectivity index (χ2v) is 2.97. The van der Waals surface area contributed by atoms with Crippen molar-refractivity contribution >= 4 is 5.91 Å². The predicted octanol–water partition coefficient (Wildman–Crippen LogP) is -0.256. The number of nitrogens with one attached hydrogen (secondary N) is 1. The molecule has 17 heavy (non-hydrogen) atoms. The molecule has 0 saturated carbocycles. The van der Waals surface area contributed by atoms with Crippen LogP contribution >= 0.6 is 0 Å². The van der Waals surface area contributed by atoms with Crippen LogP contribution < -0.4 is 16.0 Å². The van der Waals surface area contributed by atoms with Gasteiger partial charge >= 0.3 is 11.8 Å². The molecule has 3 N–H and O–H groups in total. The summed E-state index contributed by atoms with van der Waals surface area (Å²) in [4.78, 5) is 15.0. The van der Waals surface area contributed by atoms with Crippen molar-refractivity contribution in [2.45, 2.75) is 0 Å². The first-order chi connectivity index (χ1) is 8.24. The van der Waals surface area contributed by atoms with Crippen LogP contribution in [0.3, 0.4) is 0 Å². The number of amides is 1. The molecule has 0 atom stereocenters. The number of nitrogens with two attached hydrogens (primary N) is 1. The van der Waals surface area contributed by atoms with Crippen molar-refractivity contribution in [3.63, 3.8) is 0 Å². The summed E-state index contributed by atoms with van der Waals surface area (Å²) >= 11 is 0. The zero-order valence-electron chi connectivity index (χ0n) is 8.88. The number of nitrogen functional groups attached to an aromatic ring is 1. The van der Waals surface area contributed by atoms with Crippen LogP contribution in [-0.2, 0) is 0 Å². The van der Waals surface area contributed by atoms with E-state index in [4.69, 9.17) is 15.0 Å². The average molecular weight is 235 g/mol. The first-order valence-corrected chi connectivity index (χ1v) is 4.59. The van der Waals surface area contributed by atoms with E-state index in [2.05, 4.69) is 15.2 Å². The minimum atomic E-state index is -0.648. The Kier molecular flexibility index (Phi) is 2.97. The van der Waals surface area contributed by atoms with Crippen molar-refractivity contribution in [1.82, 2.24) is 20.6 Å². The summed E-state index contributed by atoms with van der Waals surface area (Å²) in [6.45, 7) is 0. The van der Waals surface area contributed by atoms with Crippen LogP contribution in [0.4, 0.5) is 0 Å². The zero-order valence-corrected chi connectivity index (χ0v) is 8.88. The van der Waals surface area contributed by atoms with E-state index >= 15 is 0 Å². The number of hydrogen-bond donors (Lipinski definition) is 2. The molecule has 2 aromatic rings. The third-order valence-electron chi connectivity index (χ3n) is 1.94. The maximum absolute atomic E-state index is 11.1. The first-order valence-electron chi connectivity index (χ1n) is 4.59. The van der Waals surface area contributed by atoms with Gasteiger partial charge in [-0.3, -0.25) is 10.2 Å². The minimum Gasteiger partial charge on any atom is -0.481 e. The topological polar surface area (TPSA) is 116 Å². The maximum Gasteiger partial charge on any atom is 0.322 e. The Labute approximate surface area is 95.8 Å². The number of ether oxygens (including phenoxy) is 1. The molecule has 2 heterocycles. The Morgan fingerprint density at radius 2 is 2.35 bits per heavy atom. The number of pyridine rings is 1. The Hall–Kier alpha value is -2.48. The SMILES string of the molecule is COc1cc(-c2nnc(C(=O)NN)o2)ccn1. The van der Waals surface area contributed by atoms with Gasteiger partial charge in [-0.15, -0.1) is 10.2 Å². The molecule has 0 bridgehead atoms. The zero-order chi connectivity index (χ0) is 12.3. The molecule has 0 spiro atoms. The highest BCUT2D eigenvalue weighted by Gasteiger charge is 2.14. The third-order valence-corrected chi connectivity index (χ3v) is 1.94. The highest BCUT2D eigenvalue weighted by molar-refractivity contribution is 5.89. The number of carbonyl (C=O) groups excluding carboxylic acids is 1. The lowest BCUT2D eigenvalue weighted by Crippen LogP contribution is -2.30. The number of carbonyl (C=O) groups is 1. The van der Waals surface area contributed by atoms with E-state index in [1.807, 2.05) is 5.43 Å². The molecule has 1 amide bonds. The van der Waals surface area contributed by atoms with Gasteiger partial charge in [-0.25, -0.2) is 10.8 Å². The van der Waals surface area contributed by atoms with Crippen LogP contribution in [0.25, 0.3) is 11.5 Å². The molecule has 0 unspecified atom stereocenters. The van der Waals surface area contributed by atoms with Gasteiger partial charge in [0.2, 0.25) is 11.8 Å². The van der Waals surface area contributed by atoms with E-state index in [9.17, 15) is 4.79 Å². The smallest absolute Gasteiger partial charge is 0.322 e. The molecule has 2 rings (SSSR count). The summed E-state index contributed by atoms with van der Waals surface area (Å²) < 4.78 is 10.1. The summed E-state index contributed by atoms with van der Waals surface area (Å²) in [6, 6.07) is 3.26. The van der Waals surface area contributed by atoms with Crippen LogP contribution in [0, 0.1) is 0 Å². The average Bonchev–Trinajstić information content (AvgIpc) is 2.87. The van der Waals surface area contributed by atoms with Crippen LogP contribution in [0.1, 0.15) is 10.7 Å². The molecule has 2 aromatic heterocycles. The molecule has 8 heteroatoms. The molecular weight excluding hydrogens is 226 g/mol. The van der Waals surface area contributed by atoms with Crippen molar-refractivity contribution in [3.8, 4) is 17.3 Å². The lowest BCUT2D eigenvalue weighted by molar-refractivity contribution is 0.0919. The molecule has 0 radical (unpaired) electrons. The van der Waals surface area contributed by atoms with Crippen molar-refractivity contribution in [3.05, 3.63) is 24.2 Å². The lowest BCUT2D eigenvalue weighted by Gasteiger charge is -1.98. The monoisotopic (exact) mass is 235 g/mol. The molecule has 0 aliphatic heterocycles. The second kappa shape index (κ2) is 4.58. The van der Waals surface area contributed by atoms with E-state index in [-0.39, 0.29) is 11.8 Å². The van der Waals surface area contributed by atoms with Crippen LogP contribution in [0.15, 0.2) is 22.7 Å². The van der Waals surface area contributed by atoms with Gasteiger partial charge in [0.25, 0.3) is 0 Å². The summed E-state index contributed by atoms with van der Waals surface area (Å²) in [5, 5.41) is 7.26. The number of rotatable bonds is 3. The summed E-state index contributed by atoms with van der Waals surface area (Å²) in [5.74, 6) is 4.67. The first kappa shape index (κ1) is 11.0. The van der Waals surface area contributed by atoms with Gasteiger partial charge < -0.3 is 9.15 Å². The molecule has 0 aromatic carbocycles. The van der Waals surface area contributed by atoms with Crippen molar-refractivity contribution in [2.75, 3.05) is 7.11 Å². The number of nitrogens with zero attached hydrogens (tertiary/aromatic N) is 3. The molecule has 8 nitrogen and oxygen atoms in total. The normalized spacial score (nSPS) is 10.0. The maximum atomic E-state index is 11.1. The van der Waals surface area contributed by atoms with Crippen LogP contribution in [-0.4, -0.2) is 28.2 Å². The minimum absolute atomic E-state index is 0.185. The van der Waals surface area contributed by atoms with E-state index in [1.54, 1.807) is 12.1 Å². The van der Waals surface area contributed by atoms with Gasteiger partial charge in [-0.2, -0.15) is 0 Å². The second-order valence-electron chi connectivity index (χ2n) is 2.97. The van der Waals surface area contributed by atoms with Gasteiger partial charge in [0, 0.05) is 17.8 Å². The molecule has 0 aliphatic carbocycles. The fraction of sp³-hybridized carbons (Fsp3) is 0.111. The quantitative estimate of drug-likeness (QED) is 0.427. The van der Waals surface area contributed by atoms with E-state index in [1.165, 1.54) is 13.3 Å². The Morgan fingerprint density at radius 3 is 3.06 bits per heavy atom. The van der Waals surface area contributed by atoms with E-state index < -0.39 is 5.91 Å². The largest absolute Gasteiger partial charge is 0.481 e. The number of methoxy groups -OCH3 is 1. The highest BCUT2D eigenvalue weighted by atomic mass is 16.5. The van der Waals surface area contributed by atoms with Crippen molar-refractivity contribution < 1.29 is 13.9 Å². The summed E-state index contributed by atoms with van der Waals surface area (Å²) in [5.41, 5.74) is 2.49. The van der Waals surface area contributed by atoms with Gasteiger partial charge in [0.05, 0.1) is 7.11 Å². The van der Waals surface area contributed by atoms with E-state index in [0.29, 0.717) is 11.4 Å². The Bertz CT molecular complexity index is 539. The molecular formula is C9H9N5O3. The van der Waals surface area contributed by atoms with Crippen LogP contribution in [0.2, 0.25) is 0 Å². The summed E-state index contributed by atoms with van der Waals surface area (Å²) in [6.07, 6.45) is 1.53. The van der Waals surface area contributed by atoms with Gasteiger partial charge in [-0.05, 0) is 6.07 Å². The summed E-state index contributed by atoms with van der Waals surface area (Å²) in [7, 11) is 1.49. The third kappa shape index (κ3) is 2.21. The molecule has 0 fully saturated rings. The van der Waals surface area contributed by atoms with Gasteiger partial charge in [-0.1, -0.05) is 0 Å². The molecule has 0 saturated heterocycles. The molecule has 88 valence electrons. The van der Waals surface area contributed by atoms with Gasteiger partial charge in [0.15, 0.2) is 0 Å². The van der Waals surface area contributed by atoms with Crippen molar-refractivity contribution in [1.29, 1.82) is 0 Å². The lowest BCUT2D eigenvalue weighted by atomic mass is 10.3. The standard InChI is InChI=1S/C9H9N5O3/c1-16-6-4-5(2-3-11-6)8-13-14-9(17-8)7(15)12-10/h2-4H,10H2,1H3,(H,12,15). The highest BCUT2D eigenvalue weighted by Crippen LogP contribution is 2.20. The molecule has 0 aliphatic rings. The Morgan fingerprint density at radius 1 is 1.53 bits per heavy atom. The van der Waals surface area contributed by atoms with Crippen molar-refractivity contribution in [2.24, 2.45) is 5.84 Å². The fourth-order valence-corrected chi connectivity index (χ4v) is 1.15. The predicted molar refractivity (Wildman–Crippen MR) is 55.7 cm³/mol. The Balaban J connectivity index is 2.33.